The van der Waals surface area contributed by atoms with E-state index in [1.165, 1.54) is 12.8 Å². The van der Waals surface area contributed by atoms with Crippen LogP contribution < -0.4 is 0 Å². The van der Waals surface area contributed by atoms with E-state index in [-0.39, 0.29) is 6.42 Å². The average molecular weight is 199 g/mol. The Labute approximate surface area is 83.8 Å². The van der Waals surface area contributed by atoms with E-state index in [0.717, 1.165) is 19.6 Å². The number of rotatable bonds is 5. The molecule has 2 fully saturated rings. The van der Waals surface area contributed by atoms with Crippen LogP contribution in [0.4, 0.5) is 0 Å². The van der Waals surface area contributed by atoms with Gasteiger partial charge in [0, 0.05) is 25.2 Å². The van der Waals surface area contributed by atoms with Gasteiger partial charge in [-0.3, -0.25) is 9.69 Å². The first-order valence-corrected chi connectivity index (χ1v) is 5.32. The van der Waals surface area contributed by atoms with Crippen LogP contribution in [0.3, 0.4) is 0 Å². The van der Waals surface area contributed by atoms with Gasteiger partial charge >= 0.3 is 5.97 Å². The van der Waals surface area contributed by atoms with E-state index < -0.39 is 5.97 Å². The predicted molar refractivity (Wildman–Crippen MR) is 51.2 cm³/mol. The van der Waals surface area contributed by atoms with E-state index >= 15 is 0 Å². The Balaban J connectivity index is 1.83. The zero-order chi connectivity index (χ0) is 9.97. The molecule has 0 aromatic carbocycles. The van der Waals surface area contributed by atoms with Gasteiger partial charge in [0.05, 0.1) is 13.0 Å². The van der Waals surface area contributed by atoms with E-state index in [1.54, 1.807) is 0 Å². The lowest BCUT2D eigenvalue weighted by atomic mass is 10.2. The van der Waals surface area contributed by atoms with Gasteiger partial charge in [-0.15, -0.1) is 0 Å². The summed E-state index contributed by atoms with van der Waals surface area (Å²) >= 11 is 0. The van der Waals surface area contributed by atoms with Gasteiger partial charge in [0.1, 0.15) is 0 Å². The molecule has 2 aliphatic rings. The maximum Gasteiger partial charge on any atom is 0.304 e. The van der Waals surface area contributed by atoms with Crippen molar-refractivity contribution in [1.29, 1.82) is 0 Å². The lowest BCUT2D eigenvalue weighted by molar-refractivity contribution is -0.137. The minimum absolute atomic E-state index is 0.257. The van der Waals surface area contributed by atoms with Crippen LogP contribution >= 0.6 is 0 Å². The first-order chi connectivity index (χ1) is 6.77. The summed E-state index contributed by atoms with van der Waals surface area (Å²) < 4.78 is 5.33. The molecule has 0 aromatic heterocycles. The summed E-state index contributed by atoms with van der Waals surface area (Å²) in [7, 11) is 0. The summed E-state index contributed by atoms with van der Waals surface area (Å²) in [5, 5.41) is 8.65. The van der Waals surface area contributed by atoms with Crippen molar-refractivity contribution in [2.24, 2.45) is 0 Å². The fourth-order valence-electron chi connectivity index (χ4n) is 2.08. The van der Waals surface area contributed by atoms with Gasteiger partial charge in [-0.05, 0) is 19.3 Å². The molecule has 0 spiro atoms. The fraction of sp³-hybridized carbons (Fsp3) is 0.900. The predicted octanol–water partition coefficient (Wildman–Crippen LogP) is 0.714. The Morgan fingerprint density at radius 1 is 1.36 bits per heavy atom. The van der Waals surface area contributed by atoms with Crippen LogP contribution in [0, 0.1) is 0 Å². The lowest BCUT2D eigenvalue weighted by Gasteiger charge is -2.26. The van der Waals surface area contributed by atoms with E-state index in [0.29, 0.717) is 18.6 Å². The summed E-state index contributed by atoms with van der Waals surface area (Å²) in [4.78, 5) is 12.8. The molecular weight excluding hydrogens is 182 g/mol. The molecule has 0 radical (unpaired) electrons. The van der Waals surface area contributed by atoms with Crippen molar-refractivity contribution in [3.8, 4) is 0 Å². The molecule has 1 aliphatic carbocycles. The molecule has 1 unspecified atom stereocenters. The molecule has 1 saturated carbocycles. The lowest BCUT2D eigenvalue weighted by Crippen LogP contribution is -2.38. The topological polar surface area (TPSA) is 49.8 Å². The highest BCUT2D eigenvalue weighted by atomic mass is 16.5. The molecule has 1 saturated heterocycles. The fourth-order valence-corrected chi connectivity index (χ4v) is 2.08. The highest BCUT2D eigenvalue weighted by molar-refractivity contribution is 5.66. The number of nitrogens with zero attached hydrogens (tertiary/aromatic N) is 1. The Kier molecular flexibility index (Phi) is 3.03. The first kappa shape index (κ1) is 9.93. The van der Waals surface area contributed by atoms with Crippen LogP contribution in [0.5, 0.6) is 0 Å². The van der Waals surface area contributed by atoms with Gasteiger partial charge in [0.25, 0.3) is 0 Å². The molecule has 1 N–H and O–H groups in total. The van der Waals surface area contributed by atoms with Crippen LogP contribution in [0.25, 0.3) is 0 Å². The van der Waals surface area contributed by atoms with E-state index in [1.807, 2.05) is 0 Å². The quantitative estimate of drug-likeness (QED) is 0.708. The molecule has 1 aliphatic heterocycles. The maximum atomic E-state index is 10.5. The Hall–Kier alpha value is -0.610. The molecule has 14 heavy (non-hydrogen) atoms. The van der Waals surface area contributed by atoms with Crippen molar-refractivity contribution in [2.75, 3.05) is 19.8 Å². The second-order valence-corrected chi connectivity index (χ2v) is 4.13. The highest BCUT2D eigenvalue weighted by Crippen LogP contribution is 2.30. The van der Waals surface area contributed by atoms with E-state index in [4.69, 9.17) is 9.84 Å². The van der Waals surface area contributed by atoms with Crippen molar-refractivity contribution < 1.29 is 14.6 Å². The number of hydrogen-bond acceptors (Lipinski definition) is 3. The standard InChI is InChI=1S/C10H17NO3/c12-10(13)3-5-11(8-1-2-8)9-4-6-14-7-9/h8-9H,1-7H2,(H,12,13). The van der Waals surface area contributed by atoms with Crippen molar-refractivity contribution in [2.45, 2.75) is 37.8 Å². The summed E-state index contributed by atoms with van der Waals surface area (Å²) in [5.74, 6) is -0.699. The van der Waals surface area contributed by atoms with Crippen LogP contribution in [-0.4, -0.2) is 47.8 Å². The number of hydrogen-bond donors (Lipinski definition) is 1. The minimum atomic E-state index is -0.699. The van der Waals surface area contributed by atoms with Crippen LogP contribution in [-0.2, 0) is 9.53 Å². The normalized spacial score (nSPS) is 27.1. The highest BCUT2D eigenvalue weighted by Gasteiger charge is 2.35. The average Bonchev–Trinajstić information content (AvgIpc) is 2.81. The number of aliphatic carboxylic acids is 1. The molecule has 4 nitrogen and oxygen atoms in total. The molecule has 0 aromatic rings. The molecule has 80 valence electrons. The smallest absolute Gasteiger partial charge is 0.304 e. The third kappa shape index (κ3) is 2.45. The van der Waals surface area contributed by atoms with Gasteiger partial charge < -0.3 is 9.84 Å². The summed E-state index contributed by atoms with van der Waals surface area (Å²) in [5.41, 5.74) is 0. The van der Waals surface area contributed by atoms with Crippen molar-refractivity contribution in [3.63, 3.8) is 0 Å². The van der Waals surface area contributed by atoms with Gasteiger partial charge in [-0.1, -0.05) is 0 Å². The molecule has 0 amide bonds. The van der Waals surface area contributed by atoms with Crippen molar-refractivity contribution in [1.82, 2.24) is 4.90 Å². The number of carboxylic acids is 1. The largest absolute Gasteiger partial charge is 0.481 e. The molecule has 1 atom stereocenters. The maximum absolute atomic E-state index is 10.5. The number of carbonyl (C=O) groups is 1. The molecular formula is C10H17NO3. The zero-order valence-electron chi connectivity index (χ0n) is 8.32. The SMILES string of the molecule is O=C(O)CCN(C1CC1)C1CCOC1. The van der Waals surface area contributed by atoms with Gasteiger partial charge in [0.2, 0.25) is 0 Å². The molecule has 1 heterocycles. The van der Waals surface area contributed by atoms with Crippen LogP contribution in [0.15, 0.2) is 0 Å². The van der Waals surface area contributed by atoms with Crippen molar-refractivity contribution in [3.05, 3.63) is 0 Å². The summed E-state index contributed by atoms with van der Waals surface area (Å²) in [6, 6.07) is 1.11. The summed E-state index contributed by atoms with van der Waals surface area (Å²) in [6.45, 7) is 2.31. The Morgan fingerprint density at radius 2 is 2.14 bits per heavy atom. The first-order valence-electron chi connectivity index (χ1n) is 5.32. The summed E-state index contributed by atoms with van der Waals surface area (Å²) in [6.07, 6.45) is 3.79. The zero-order valence-corrected chi connectivity index (χ0v) is 8.32. The van der Waals surface area contributed by atoms with E-state index in [2.05, 4.69) is 4.90 Å². The molecule has 2 rings (SSSR count). The van der Waals surface area contributed by atoms with Crippen LogP contribution in [0.2, 0.25) is 0 Å². The minimum Gasteiger partial charge on any atom is -0.481 e. The Morgan fingerprint density at radius 3 is 2.64 bits per heavy atom. The number of ether oxygens (including phenoxy) is 1. The Bertz CT molecular complexity index is 209. The van der Waals surface area contributed by atoms with Crippen molar-refractivity contribution >= 4 is 5.97 Å². The second-order valence-electron chi connectivity index (χ2n) is 4.13. The van der Waals surface area contributed by atoms with Gasteiger partial charge in [-0.25, -0.2) is 0 Å². The van der Waals surface area contributed by atoms with E-state index in [9.17, 15) is 4.79 Å². The molecule has 0 bridgehead atoms. The van der Waals surface area contributed by atoms with Gasteiger partial charge in [-0.2, -0.15) is 0 Å². The molecule has 4 heteroatoms. The van der Waals surface area contributed by atoms with Crippen LogP contribution in [0.1, 0.15) is 25.7 Å². The third-order valence-corrected chi connectivity index (χ3v) is 2.97. The monoisotopic (exact) mass is 199 g/mol. The van der Waals surface area contributed by atoms with Gasteiger partial charge in [0.15, 0.2) is 0 Å². The number of carboxylic acid groups (broad SMARTS) is 1. The second kappa shape index (κ2) is 4.28. The third-order valence-electron chi connectivity index (χ3n) is 2.97.